The zero-order valence-corrected chi connectivity index (χ0v) is 12.1. The zero-order valence-electron chi connectivity index (χ0n) is 11.3. The maximum Gasteiger partial charge on any atom is 0.255 e. The van der Waals surface area contributed by atoms with Crippen molar-refractivity contribution in [2.75, 3.05) is 16.8 Å². The molecule has 0 saturated heterocycles. The summed E-state index contributed by atoms with van der Waals surface area (Å²) >= 11 is 1.52. The summed E-state index contributed by atoms with van der Waals surface area (Å²) in [7, 11) is 0. The molecule has 3 N–H and O–H groups in total. The predicted octanol–water partition coefficient (Wildman–Crippen LogP) is 3.08. The van der Waals surface area contributed by atoms with Crippen molar-refractivity contribution in [2.24, 2.45) is 0 Å². The molecule has 0 fully saturated rings. The summed E-state index contributed by atoms with van der Waals surface area (Å²) in [5.74, 6) is 0.800. The Hall–Kier alpha value is -1.95. The Morgan fingerprint density at radius 2 is 2.15 bits per heavy atom. The number of aromatic nitrogens is 1. The maximum atomic E-state index is 11.7. The van der Waals surface area contributed by atoms with Gasteiger partial charge in [0.2, 0.25) is 5.91 Å². The standard InChI is InChI=1S/C14H17N3O2S/c1-10-9-19-14(16-10)20-8-2-3-13(18)17-12-6-4-11(15)5-7-12/h4-7,9H,2-3,8,15H2,1H3,(H,17,18). The lowest BCUT2D eigenvalue weighted by atomic mass is 10.2. The first-order valence-electron chi connectivity index (χ1n) is 6.34. The third-order valence-electron chi connectivity index (χ3n) is 2.57. The average molecular weight is 291 g/mol. The van der Waals surface area contributed by atoms with Gasteiger partial charge in [0, 0.05) is 23.5 Å². The molecule has 0 saturated carbocycles. The van der Waals surface area contributed by atoms with E-state index in [1.54, 1.807) is 30.5 Å². The molecule has 0 spiro atoms. The molecule has 0 atom stereocenters. The molecule has 1 aromatic heterocycles. The lowest BCUT2D eigenvalue weighted by Gasteiger charge is -2.05. The first-order valence-corrected chi connectivity index (χ1v) is 7.32. The van der Waals surface area contributed by atoms with Crippen LogP contribution in [-0.2, 0) is 4.79 Å². The molecular weight excluding hydrogens is 274 g/mol. The van der Waals surface area contributed by atoms with Gasteiger partial charge < -0.3 is 15.5 Å². The first kappa shape index (κ1) is 14.5. The molecule has 0 aliphatic rings. The smallest absolute Gasteiger partial charge is 0.255 e. The molecule has 2 rings (SSSR count). The molecule has 0 bridgehead atoms. The lowest BCUT2D eigenvalue weighted by molar-refractivity contribution is -0.116. The van der Waals surface area contributed by atoms with Crippen LogP contribution in [0.3, 0.4) is 0 Å². The van der Waals surface area contributed by atoms with Gasteiger partial charge in [-0.15, -0.1) is 0 Å². The molecule has 1 aromatic carbocycles. The molecule has 0 radical (unpaired) electrons. The number of carbonyl (C=O) groups is 1. The monoisotopic (exact) mass is 291 g/mol. The van der Waals surface area contributed by atoms with Crippen LogP contribution in [0.1, 0.15) is 18.5 Å². The second-order valence-corrected chi connectivity index (χ2v) is 5.42. The number of nitrogens with two attached hydrogens (primary N) is 1. The van der Waals surface area contributed by atoms with Crippen molar-refractivity contribution in [3.05, 3.63) is 36.2 Å². The van der Waals surface area contributed by atoms with E-state index in [1.165, 1.54) is 11.8 Å². The molecule has 1 amide bonds. The van der Waals surface area contributed by atoms with Gasteiger partial charge >= 0.3 is 0 Å². The number of benzene rings is 1. The number of nitrogens with one attached hydrogen (secondary N) is 1. The number of carbonyl (C=O) groups excluding carboxylic acids is 1. The number of oxazole rings is 1. The number of nitrogen functional groups attached to an aromatic ring is 1. The van der Waals surface area contributed by atoms with Crippen LogP contribution in [0.15, 0.2) is 40.2 Å². The Balaban J connectivity index is 1.66. The number of amides is 1. The minimum atomic E-state index is -0.000967. The molecule has 0 aliphatic carbocycles. The van der Waals surface area contributed by atoms with Gasteiger partial charge in [0.15, 0.2) is 0 Å². The van der Waals surface area contributed by atoms with E-state index >= 15 is 0 Å². The molecular formula is C14H17N3O2S. The fraction of sp³-hybridized carbons (Fsp3) is 0.286. The van der Waals surface area contributed by atoms with Gasteiger partial charge in [0.1, 0.15) is 6.26 Å². The van der Waals surface area contributed by atoms with E-state index in [0.717, 1.165) is 23.6 Å². The molecule has 6 heteroatoms. The summed E-state index contributed by atoms with van der Waals surface area (Å²) < 4.78 is 5.22. The number of hydrogen-bond acceptors (Lipinski definition) is 5. The number of aryl methyl sites for hydroxylation is 1. The molecule has 0 unspecified atom stereocenters. The van der Waals surface area contributed by atoms with Crippen molar-refractivity contribution in [1.82, 2.24) is 4.98 Å². The molecule has 106 valence electrons. The summed E-state index contributed by atoms with van der Waals surface area (Å²) in [4.78, 5) is 15.9. The third kappa shape index (κ3) is 4.62. The fourth-order valence-corrected chi connectivity index (χ4v) is 2.37. The molecule has 2 aromatic rings. The van der Waals surface area contributed by atoms with Gasteiger partial charge in [-0.3, -0.25) is 4.79 Å². The van der Waals surface area contributed by atoms with E-state index < -0.39 is 0 Å². The highest BCUT2D eigenvalue weighted by Crippen LogP contribution is 2.18. The number of hydrogen-bond donors (Lipinski definition) is 2. The van der Waals surface area contributed by atoms with Gasteiger partial charge in [0.05, 0.1) is 5.69 Å². The lowest BCUT2D eigenvalue weighted by Crippen LogP contribution is -2.11. The Labute approximate surface area is 122 Å². The number of rotatable bonds is 6. The SMILES string of the molecule is Cc1coc(SCCCC(=O)Nc2ccc(N)cc2)n1. The second kappa shape index (κ2) is 7.00. The largest absolute Gasteiger partial charge is 0.440 e. The molecule has 1 heterocycles. The van der Waals surface area contributed by atoms with Crippen molar-refractivity contribution >= 4 is 29.0 Å². The normalized spacial score (nSPS) is 10.4. The van der Waals surface area contributed by atoms with Crippen LogP contribution in [-0.4, -0.2) is 16.6 Å². The first-order chi connectivity index (χ1) is 9.63. The molecule has 5 nitrogen and oxygen atoms in total. The van der Waals surface area contributed by atoms with Crippen LogP contribution < -0.4 is 11.1 Å². The van der Waals surface area contributed by atoms with E-state index in [-0.39, 0.29) is 5.91 Å². The minimum absolute atomic E-state index is 0.000967. The van der Waals surface area contributed by atoms with E-state index in [9.17, 15) is 4.79 Å². The van der Waals surface area contributed by atoms with Crippen molar-refractivity contribution in [2.45, 2.75) is 25.0 Å². The highest BCUT2D eigenvalue weighted by atomic mass is 32.2. The third-order valence-corrected chi connectivity index (χ3v) is 3.49. The van der Waals surface area contributed by atoms with Crippen molar-refractivity contribution < 1.29 is 9.21 Å². The van der Waals surface area contributed by atoms with Gasteiger partial charge in [-0.05, 0) is 37.6 Å². The van der Waals surface area contributed by atoms with Crippen LogP contribution >= 0.6 is 11.8 Å². The van der Waals surface area contributed by atoms with Crippen LogP contribution in [0.5, 0.6) is 0 Å². The van der Waals surface area contributed by atoms with Crippen molar-refractivity contribution in [3.63, 3.8) is 0 Å². The highest BCUT2D eigenvalue weighted by Gasteiger charge is 2.04. The zero-order chi connectivity index (χ0) is 14.4. The highest BCUT2D eigenvalue weighted by molar-refractivity contribution is 7.99. The number of thioether (sulfide) groups is 1. The van der Waals surface area contributed by atoms with E-state index in [4.69, 9.17) is 10.2 Å². The van der Waals surface area contributed by atoms with E-state index in [1.807, 2.05) is 6.92 Å². The Bertz CT molecular complexity index is 566. The van der Waals surface area contributed by atoms with Crippen LogP contribution in [0.4, 0.5) is 11.4 Å². The quantitative estimate of drug-likeness (QED) is 0.485. The number of anilines is 2. The second-order valence-electron chi connectivity index (χ2n) is 4.38. The van der Waals surface area contributed by atoms with Crippen LogP contribution in [0.25, 0.3) is 0 Å². The van der Waals surface area contributed by atoms with Crippen molar-refractivity contribution in [3.8, 4) is 0 Å². The molecule has 20 heavy (non-hydrogen) atoms. The minimum Gasteiger partial charge on any atom is -0.440 e. The summed E-state index contributed by atoms with van der Waals surface area (Å²) in [5, 5.41) is 3.48. The fourth-order valence-electron chi connectivity index (χ4n) is 1.58. The summed E-state index contributed by atoms with van der Waals surface area (Å²) in [6.07, 6.45) is 2.86. The van der Waals surface area contributed by atoms with Crippen LogP contribution in [0.2, 0.25) is 0 Å². The van der Waals surface area contributed by atoms with Gasteiger partial charge in [-0.2, -0.15) is 0 Å². The number of nitrogens with zero attached hydrogens (tertiary/aromatic N) is 1. The molecule has 0 aliphatic heterocycles. The van der Waals surface area contributed by atoms with E-state index in [2.05, 4.69) is 10.3 Å². The topological polar surface area (TPSA) is 81.2 Å². The van der Waals surface area contributed by atoms with Gasteiger partial charge in [-0.1, -0.05) is 11.8 Å². The van der Waals surface area contributed by atoms with Gasteiger partial charge in [0.25, 0.3) is 5.22 Å². The van der Waals surface area contributed by atoms with Crippen LogP contribution in [0, 0.1) is 6.92 Å². The van der Waals surface area contributed by atoms with Gasteiger partial charge in [-0.25, -0.2) is 4.98 Å². The predicted molar refractivity (Wildman–Crippen MR) is 80.7 cm³/mol. The van der Waals surface area contributed by atoms with E-state index in [0.29, 0.717) is 17.3 Å². The average Bonchev–Trinajstić information content (AvgIpc) is 2.83. The Morgan fingerprint density at radius 1 is 1.40 bits per heavy atom. The Morgan fingerprint density at radius 3 is 2.80 bits per heavy atom. The summed E-state index contributed by atoms with van der Waals surface area (Å²) in [6.45, 7) is 1.88. The summed E-state index contributed by atoms with van der Waals surface area (Å²) in [6, 6.07) is 7.10. The Kier molecular flexibility index (Phi) is 5.06. The maximum absolute atomic E-state index is 11.7. The summed E-state index contributed by atoms with van der Waals surface area (Å²) in [5.41, 5.74) is 7.90. The van der Waals surface area contributed by atoms with Crippen molar-refractivity contribution in [1.29, 1.82) is 0 Å².